The Balaban J connectivity index is 2.08. The van der Waals surface area contributed by atoms with Crippen LogP contribution in [0.25, 0.3) is 0 Å². The Labute approximate surface area is 113 Å². The lowest BCUT2D eigenvalue weighted by Crippen LogP contribution is -2.40. The number of halogens is 1. The normalized spacial score (nSPS) is 21.6. The van der Waals surface area contributed by atoms with Crippen molar-refractivity contribution in [2.45, 2.75) is 33.2 Å². The Hall–Kier alpha value is -0.870. The predicted octanol–water partition coefficient (Wildman–Crippen LogP) is 2.18. The fourth-order valence-electron chi connectivity index (χ4n) is 2.55. The standard InChI is InChI=1S/C13H20ClN3O/c1-4-10-7-17(6-5-12(10)18)8-11-9(2)15-16(3)13(11)14/h10H,4-8H2,1-3H3. The molecule has 0 amide bonds. The number of aromatic nitrogens is 2. The van der Waals surface area contributed by atoms with E-state index in [2.05, 4.69) is 16.9 Å². The molecular weight excluding hydrogens is 250 g/mol. The second-order valence-corrected chi connectivity index (χ2v) is 5.39. The molecule has 1 unspecified atom stereocenters. The highest BCUT2D eigenvalue weighted by Gasteiger charge is 2.26. The van der Waals surface area contributed by atoms with Crippen LogP contribution < -0.4 is 0 Å². The maximum Gasteiger partial charge on any atom is 0.138 e. The summed E-state index contributed by atoms with van der Waals surface area (Å²) in [6.45, 7) is 6.53. The van der Waals surface area contributed by atoms with Crippen molar-refractivity contribution in [1.29, 1.82) is 0 Å². The highest BCUT2D eigenvalue weighted by atomic mass is 35.5. The van der Waals surface area contributed by atoms with Crippen LogP contribution in [0, 0.1) is 12.8 Å². The Morgan fingerprint density at radius 2 is 2.22 bits per heavy atom. The van der Waals surface area contributed by atoms with E-state index in [9.17, 15) is 4.79 Å². The van der Waals surface area contributed by atoms with Crippen LogP contribution in [0.5, 0.6) is 0 Å². The van der Waals surface area contributed by atoms with Gasteiger partial charge in [-0.25, -0.2) is 0 Å². The Kier molecular flexibility index (Phi) is 4.07. The molecule has 0 spiro atoms. The quantitative estimate of drug-likeness (QED) is 0.844. The van der Waals surface area contributed by atoms with Crippen molar-refractivity contribution in [2.75, 3.05) is 13.1 Å². The third kappa shape index (κ3) is 2.59. The lowest BCUT2D eigenvalue weighted by molar-refractivity contribution is -0.126. The molecule has 1 saturated heterocycles. The van der Waals surface area contributed by atoms with Crippen molar-refractivity contribution < 1.29 is 4.79 Å². The zero-order valence-corrected chi connectivity index (χ0v) is 12.0. The van der Waals surface area contributed by atoms with Crippen molar-refractivity contribution >= 4 is 17.4 Å². The molecule has 0 aromatic carbocycles. The number of piperidine rings is 1. The largest absolute Gasteiger partial charge is 0.299 e. The van der Waals surface area contributed by atoms with Gasteiger partial charge in [0.15, 0.2) is 0 Å². The van der Waals surface area contributed by atoms with Gasteiger partial charge in [-0.15, -0.1) is 0 Å². The number of hydrogen-bond donors (Lipinski definition) is 0. The van der Waals surface area contributed by atoms with E-state index in [4.69, 9.17) is 11.6 Å². The van der Waals surface area contributed by atoms with Crippen LogP contribution in [0.15, 0.2) is 0 Å². The maximum atomic E-state index is 11.7. The number of carbonyl (C=O) groups is 1. The van der Waals surface area contributed by atoms with Crippen LogP contribution >= 0.6 is 11.6 Å². The fourth-order valence-corrected chi connectivity index (χ4v) is 2.79. The molecule has 2 rings (SSSR count). The second-order valence-electron chi connectivity index (χ2n) is 5.03. The number of hydrogen-bond acceptors (Lipinski definition) is 3. The van der Waals surface area contributed by atoms with Gasteiger partial charge >= 0.3 is 0 Å². The van der Waals surface area contributed by atoms with Crippen molar-refractivity contribution in [3.8, 4) is 0 Å². The Morgan fingerprint density at radius 1 is 1.50 bits per heavy atom. The molecule has 1 atom stereocenters. The maximum absolute atomic E-state index is 11.7. The summed E-state index contributed by atoms with van der Waals surface area (Å²) in [5.41, 5.74) is 2.07. The molecule has 4 nitrogen and oxygen atoms in total. The minimum atomic E-state index is 0.189. The van der Waals surface area contributed by atoms with Crippen LogP contribution in [0.1, 0.15) is 31.0 Å². The summed E-state index contributed by atoms with van der Waals surface area (Å²) in [4.78, 5) is 14.0. The highest BCUT2D eigenvalue weighted by Crippen LogP contribution is 2.23. The van der Waals surface area contributed by atoms with E-state index in [1.807, 2.05) is 14.0 Å². The minimum Gasteiger partial charge on any atom is -0.299 e. The topological polar surface area (TPSA) is 38.1 Å². The van der Waals surface area contributed by atoms with Gasteiger partial charge in [0.05, 0.1) is 5.69 Å². The molecular formula is C13H20ClN3O. The van der Waals surface area contributed by atoms with Gasteiger partial charge in [-0.05, 0) is 13.3 Å². The zero-order valence-electron chi connectivity index (χ0n) is 11.2. The number of nitrogens with zero attached hydrogens (tertiary/aromatic N) is 3. The van der Waals surface area contributed by atoms with Crippen LogP contribution in [0.4, 0.5) is 0 Å². The number of likely N-dealkylation sites (tertiary alicyclic amines) is 1. The predicted molar refractivity (Wildman–Crippen MR) is 71.6 cm³/mol. The van der Waals surface area contributed by atoms with Crippen LogP contribution in [0.3, 0.4) is 0 Å². The molecule has 1 aliphatic heterocycles. The molecule has 5 heteroatoms. The van der Waals surface area contributed by atoms with Crippen LogP contribution in [0.2, 0.25) is 5.15 Å². The molecule has 2 heterocycles. The summed E-state index contributed by atoms with van der Waals surface area (Å²) in [7, 11) is 1.85. The first-order chi connectivity index (χ1) is 8.52. The first kappa shape index (κ1) is 13.6. The Morgan fingerprint density at radius 3 is 2.78 bits per heavy atom. The van der Waals surface area contributed by atoms with Crippen LogP contribution in [-0.4, -0.2) is 33.6 Å². The number of rotatable bonds is 3. The van der Waals surface area contributed by atoms with Gasteiger partial charge in [0.2, 0.25) is 0 Å². The first-order valence-electron chi connectivity index (χ1n) is 6.46. The molecule has 100 valence electrons. The third-order valence-electron chi connectivity index (χ3n) is 3.75. The van der Waals surface area contributed by atoms with Gasteiger partial charge < -0.3 is 0 Å². The highest BCUT2D eigenvalue weighted by molar-refractivity contribution is 6.30. The van der Waals surface area contributed by atoms with E-state index in [1.165, 1.54) is 0 Å². The molecule has 1 aliphatic rings. The summed E-state index contributed by atoms with van der Waals surface area (Å²) in [6.07, 6.45) is 1.59. The van der Waals surface area contributed by atoms with E-state index >= 15 is 0 Å². The van der Waals surface area contributed by atoms with E-state index < -0.39 is 0 Å². The molecule has 0 saturated carbocycles. The van der Waals surface area contributed by atoms with Crippen molar-refractivity contribution in [2.24, 2.45) is 13.0 Å². The van der Waals surface area contributed by atoms with E-state index in [-0.39, 0.29) is 5.92 Å². The van der Waals surface area contributed by atoms with Crippen LogP contribution in [-0.2, 0) is 18.4 Å². The molecule has 0 N–H and O–H groups in total. The number of carbonyl (C=O) groups excluding carboxylic acids is 1. The number of aryl methyl sites for hydroxylation is 2. The lowest BCUT2D eigenvalue weighted by Gasteiger charge is -2.31. The molecule has 0 aliphatic carbocycles. The molecule has 0 radical (unpaired) electrons. The molecule has 0 bridgehead atoms. The van der Waals surface area contributed by atoms with Gasteiger partial charge in [0, 0.05) is 44.6 Å². The Bertz CT molecular complexity index is 455. The molecule has 1 aromatic rings. The minimum absolute atomic E-state index is 0.189. The molecule has 1 fully saturated rings. The third-order valence-corrected chi connectivity index (χ3v) is 4.23. The average molecular weight is 270 g/mol. The second kappa shape index (κ2) is 5.41. The summed E-state index contributed by atoms with van der Waals surface area (Å²) >= 11 is 6.24. The average Bonchev–Trinajstić information content (AvgIpc) is 2.58. The smallest absolute Gasteiger partial charge is 0.138 e. The fraction of sp³-hybridized carbons (Fsp3) is 0.692. The van der Waals surface area contributed by atoms with Gasteiger partial charge in [-0.2, -0.15) is 5.10 Å². The van der Waals surface area contributed by atoms with E-state index in [0.29, 0.717) is 17.4 Å². The zero-order chi connectivity index (χ0) is 13.3. The lowest BCUT2D eigenvalue weighted by atomic mass is 9.94. The monoisotopic (exact) mass is 269 g/mol. The van der Waals surface area contributed by atoms with Gasteiger partial charge in [0.25, 0.3) is 0 Å². The van der Waals surface area contributed by atoms with Crippen molar-refractivity contribution in [3.05, 3.63) is 16.4 Å². The number of Topliss-reactive ketones (excluding diaryl/α,β-unsaturated/α-hetero) is 1. The van der Waals surface area contributed by atoms with E-state index in [0.717, 1.165) is 37.3 Å². The first-order valence-corrected chi connectivity index (χ1v) is 6.83. The molecule has 1 aromatic heterocycles. The van der Waals surface area contributed by atoms with Crippen molar-refractivity contribution in [3.63, 3.8) is 0 Å². The van der Waals surface area contributed by atoms with Crippen molar-refractivity contribution in [1.82, 2.24) is 14.7 Å². The summed E-state index contributed by atoms with van der Waals surface area (Å²) < 4.78 is 1.71. The summed E-state index contributed by atoms with van der Waals surface area (Å²) in [5.74, 6) is 0.595. The number of ketones is 1. The van der Waals surface area contributed by atoms with Gasteiger partial charge in [0.1, 0.15) is 10.9 Å². The molecule has 18 heavy (non-hydrogen) atoms. The SMILES string of the molecule is CCC1CN(Cc2c(C)nn(C)c2Cl)CCC1=O. The van der Waals surface area contributed by atoms with E-state index in [1.54, 1.807) is 4.68 Å². The van der Waals surface area contributed by atoms with Gasteiger partial charge in [-0.1, -0.05) is 18.5 Å². The van der Waals surface area contributed by atoms with Gasteiger partial charge in [-0.3, -0.25) is 14.4 Å². The summed E-state index contributed by atoms with van der Waals surface area (Å²) in [6, 6.07) is 0. The summed E-state index contributed by atoms with van der Waals surface area (Å²) in [5, 5.41) is 5.03.